The van der Waals surface area contributed by atoms with Gasteiger partial charge in [-0.1, -0.05) is 19.4 Å². The highest BCUT2D eigenvalue weighted by Crippen LogP contribution is 2.14. The first-order chi connectivity index (χ1) is 8.61. The van der Waals surface area contributed by atoms with E-state index in [1.165, 1.54) is 17.0 Å². The lowest BCUT2D eigenvalue weighted by Gasteiger charge is -2.21. The minimum Gasteiger partial charge on any atom is -0.337 e. The summed E-state index contributed by atoms with van der Waals surface area (Å²) in [6, 6.07) is 3.60. The predicted octanol–water partition coefficient (Wildman–Crippen LogP) is 3.45. The molecule has 1 aromatic rings. The van der Waals surface area contributed by atoms with E-state index in [9.17, 15) is 13.6 Å². The molecule has 0 aliphatic rings. The number of unbranched alkanes of at least 4 members (excludes halogenated alkanes) is 1. The summed E-state index contributed by atoms with van der Waals surface area (Å²) in [5.41, 5.74) is -0.240. The van der Waals surface area contributed by atoms with Gasteiger partial charge in [0.25, 0.3) is 5.91 Å². The molecule has 0 aliphatic heterocycles. The molecule has 0 spiro atoms. The highest BCUT2D eigenvalue weighted by Gasteiger charge is 2.20. The van der Waals surface area contributed by atoms with Gasteiger partial charge in [0.15, 0.2) is 11.6 Å². The molecule has 0 atom stereocenters. The summed E-state index contributed by atoms with van der Waals surface area (Å²) in [5.74, 6) is -2.35. The number of hydrogen-bond donors (Lipinski definition) is 0. The molecule has 0 N–H and O–H groups in total. The molecule has 0 saturated heterocycles. The lowest BCUT2D eigenvalue weighted by molar-refractivity contribution is 0.0757. The van der Waals surface area contributed by atoms with Crippen LogP contribution in [0, 0.1) is 11.6 Å². The van der Waals surface area contributed by atoms with E-state index in [1.807, 2.05) is 6.92 Å². The first-order valence-electron chi connectivity index (χ1n) is 5.91. The van der Waals surface area contributed by atoms with Crippen LogP contribution in [0.5, 0.6) is 0 Å². The summed E-state index contributed by atoms with van der Waals surface area (Å²) in [5, 5.41) is 0. The van der Waals surface area contributed by atoms with Crippen molar-refractivity contribution in [2.24, 2.45) is 0 Å². The van der Waals surface area contributed by atoms with Crippen LogP contribution in [0.3, 0.4) is 0 Å². The van der Waals surface area contributed by atoms with Crippen LogP contribution in [-0.2, 0) is 0 Å². The third-order valence-corrected chi connectivity index (χ3v) is 2.77. The van der Waals surface area contributed by atoms with E-state index in [2.05, 4.69) is 0 Å². The van der Waals surface area contributed by atoms with Crippen LogP contribution in [0.1, 0.15) is 30.1 Å². The highest BCUT2D eigenvalue weighted by molar-refractivity contribution is 6.18. The summed E-state index contributed by atoms with van der Waals surface area (Å²) in [4.78, 5) is 13.5. The fourth-order valence-corrected chi connectivity index (χ4v) is 1.81. The van der Waals surface area contributed by atoms with Crippen molar-refractivity contribution in [2.75, 3.05) is 19.0 Å². The fraction of sp³-hybridized carbons (Fsp3) is 0.462. The standard InChI is InChI=1S/C13H16ClF2NO/c1-2-3-8-17(9-7-14)13(18)10-5-4-6-11(15)12(10)16/h4-6H,2-3,7-9H2,1H3. The molecule has 18 heavy (non-hydrogen) atoms. The van der Waals surface area contributed by atoms with Crippen molar-refractivity contribution in [1.82, 2.24) is 4.90 Å². The van der Waals surface area contributed by atoms with Gasteiger partial charge in [-0.05, 0) is 18.6 Å². The molecule has 0 aliphatic carbocycles. The third-order valence-electron chi connectivity index (χ3n) is 2.61. The summed E-state index contributed by atoms with van der Waals surface area (Å²) in [6.07, 6.45) is 1.72. The molecular weight excluding hydrogens is 260 g/mol. The van der Waals surface area contributed by atoms with Crippen molar-refractivity contribution in [3.05, 3.63) is 35.4 Å². The van der Waals surface area contributed by atoms with Gasteiger partial charge in [0.1, 0.15) is 0 Å². The zero-order valence-electron chi connectivity index (χ0n) is 10.3. The molecule has 0 saturated carbocycles. The number of hydrogen-bond acceptors (Lipinski definition) is 1. The van der Waals surface area contributed by atoms with Gasteiger partial charge in [0.05, 0.1) is 5.56 Å². The molecule has 100 valence electrons. The van der Waals surface area contributed by atoms with Gasteiger partial charge in [-0.3, -0.25) is 4.79 Å². The molecule has 0 heterocycles. The first-order valence-corrected chi connectivity index (χ1v) is 6.44. The molecule has 5 heteroatoms. The monoisotopic (exact) mass is 275 g/mol. The molecule has 1 amide bonds. The van der Waals surface area contributed by atoms with Gasteiger partial charge in [-0.2, -0.15) is 0 Å². The number of benzene rings is 1. The molecule has 0 fully saturated rings. The maximum Gasteiger partial charge on any atom is 0.256 e. The van der Waals surface area contributed by atoms with Gasteiger partial charge >= 0.3 is 0 Å². The van der Waals surface area contributed by atoms with E-state index in [-0.39, 0.29) is 11.4 Å². The van der Waals surface area contributed by atoms with Crippen LogP contribution in [-0.4, -0.2) is 29.8 Å². The van der Waals surface area contributed by atoms with Crippen LogP contribution >= 0.6 is 11.6 Å². The topological polar surface area (TPSA) is 20.3 Å². The van der Waals surface area contributed by atoms with E-state index >= 15 is 0 Å². The number of amides is 1. The Morgan fingerprint density at radius 2 is 2.06 bits per heavy atom. The van der Waals surface area contributed by atoms with E-state index in [0.717, 1.165) is 18.9 Å². The average Bonchev–Trinajstić information content (AvgIpc) is 2.37. The second kappa shape index (κ2) is 7.31. The molecule has 2 nitrogen and oxygen atoms in total. The average molecular weight is 276 g/mol. The van der Waals surface area contributed by atoms with Gasteiger partial charge in [-0.15, -0.1) is 11.6 Å². The van der Waals surface area contributed by atoms with Crippen molar-refractivity contribution in [3.8, 4) is 0 Å². The highest BCUT2D eigenvalue weighted by atomic mass is 35.5. The molecule has 0 bridgehead atoms. The van der Waals surface area contributed by atoms with Gasteiger partial charge in [0, 0.05) is 19.0 Å². The number of rotatable bonds is 6. The van der Waals surface area contributed by atoms with Crippen molar-refractivity contribution in [2.45, 2.75) is 19.8 Å². The zero-order valence-corrected chi connectivity index (χ0v) is 11.0. The summed E-state index contributed by atoms with van der Waals surface area (Å²) in [6.45, 7) is 2.82. The van der Waals surface area contributed by atoms with E-state index in [0.29, 0.717) is 13.1 Å². The van der Waals surface area contributed by atoms with Gasteiger partial charge in [0.2, 0.25) is 0 Å². The Bertz CT molecular complexity index is 412. The Hall–Kier alpha value is -1.16. The summed E-state index contributed by atoms with van der Waals surface area (Å²) in [7, 11) is 0. The Kier molecular flexibility index (Phi) is 6.05. The third kappa shape index (κ3) is 3.67. The molecule has 1 aromatic carbocycles. The molecule has 0 unspecified atom stereocenters. The molecular formula is C13H16ClF2NO. The van der Waals surface area contributed by atoms with Crippen molar-refractivity contribution >= 4 is 17.5 Å². The predicted molar refractivity (Wildman–Crippen MR) is 67.9 cm³/mol. The second-order valence-corrected chi connectivity index (χ2v) is 4.31. The smallest absolute Gasteiger partial charge is 0.256 e. The molecule has 0 aromatic heterocycles. The zero-order chi connectivity index (χ0) is 13.5. The minimum atomic E-state index is -1.10. The normalized spacial score (nSPS) is 10.4. The lowest BCUT2D eigenvalue weighted by Crippen LogP contribution is -2.34. The number of alkyl halides is 1. The Morgan fingerprint density at radius 3 is 2.67 bits per heavy atom. The molecule has 0 radical (unpaired) electrons. The number of nitrogens with zero attached hydrogens (tertiary/aromatic N) is 1. The van der Waals surface area contributed by atoms with Crippen LogP contribution in [0.25, 0.3) is 0 Å². The first kappa shape index (κ1) is 14.9. The van der Waals surface area contributed by atoms with Gasteiger partial charge in [-0.25, -0.2) is 8.78 Å². The summed E-state index contributed by atoms with van der Waals surface area (Å²) >= 11 is 5.62. The van der Waals surface area contributed by atoms with Crippen molar-refractivity contribution in [1.29, 1.82) is 0 Å². The second-order valence-electron chi connectivity index (χ2n) is 3.94. The van der Waals surface area contributed by atoms with E-state index < -0.39 is 17.5 Å². The van der Waals surface area contributed by atoms with Crippen molar-refractivity contribution < 1.29 is 13.6 Å². The Labute approximate surface area is 111 Å². The van der Waals surface area contributed by atoms with Gasteiger partial charge < -0.3 is 4.90 Å². The van der Waals surface area contributed by atoms with Crippen molar-refractivity contribution in [3.63, 3.8) is 0 Å². The van der Waals surface area contributed by atoms with Crippen LogP contribution < -0.4 is 0 Å². The van der Waals surface area contributed by atoms with E-state index in [4.69, 9.17) is 11.6 Å². The van der Waals surface area contributed by atoms with E-state index in [1.54, 1.807) is 0 Å². The largest absolute Gasteiger partial charge is 0.337 e. The SMILES string of the molecule is CCCCN(CCCl)C(=O)c1cccc(F)c1F. The lowest BCUT2D eigenvalue weighted by atomic mass is 10.1. The van der Waals surface area contributed by atoms with Crippen LogP contribution in [0.2, 0.25) is 0 Å². The molecule has 1 rings (SSSR count). The minimum absolute atomic E-state index is 0.240. The Morgan fingerprint density at radius 1 is 1.33 bits per heavy atom. The quantitative estimate of drug-likeness (QED) is 0.728. The summed E-state index contributed by atoms with van der Waals surface area (Å²) < 4.78 is 26.6. The Balaban J connectivity index is 2.90. The van der Waals surface area contributed by atoms with Crippen LogP contribution in [0.15, 0.2) is 18.2 Å². The number of carbonyl (C=O) groups excluding carboxylic acids is 1. The maximum absolute atomic E-state index is 13.5. The number of carbonyl (C=O) groups is 1. The van der Waals surface area contributed by atoms with Crippen LogP contribution in [0.4, 0.5) is 8.78 Å². The maximum atomic E-state index is 13.5. The fourth-order valence-electron chi connectivity index (χ4n) is 1.61. The number of halogens is 3.